The van der Waals surface area contributed by atoms with E-state index in [0.717, 1.165) is 6.26 Å². The molecule has 3 amide bonds. The van der Waals surface area contributed by atoms with Gasteiger partial charge in [0.1, 0.15) is 6.04 Å². The van der Waals surface area contributed by atoms with E-state index < -0.39 is 50.9 Å². The maximum atomic E-state index is 13.2. The lowest BCUT2D eigenvalue weighted by molar-refractivity contribution is -0.142. The van der Waals surface area contributed by atoms with Crippen molar-refractivity contribution in [2.24, 2.45) is 23.2 Å². The Morgan fingerprint density at radius 1 is 1.00 bits per heavy atom. The van der Waals surface area contributed by atoms with Gasteiger partial charge in [-0.3, -0.25) is 25.0 Å². The zero-order valence-electron chi connectivity index (χ0n) is 19.8. The minimum Gasteiger partial charge on any atom is -0.343 e. The van der Waals surface area contributed by atoms with E-state index in [9.17, 15) is 28.0 Å². The van der Waals surface area contributed by atoms with Crippen molar-refractivity contribution in [1.29, 1.82) is 0 Å². The third-order valence-electron chi connectivity index (χ3n) is 4.47. The summed E-state index contributed by atoms with van der Waals surface area (Å²) in [6.45, 7) is 9.01. The minimum atomic E-state index is -3.35. The maximum Gasteiger partial charge on any atom is 0.257 e. The van der Waals surface area contributed by atoms with Crippen molar-refractivity contribution >= 4 is 27.6 Å². The molecule has 3 atom stereocenters. The van der Waals surface area contributed by atoms with E-state index in [0.29, 0.717) is 0 Å². The van der Waals surface area contributed by atoms with Crippen molar-refractivity contribution in [1.82, 2.24) is 26.5 Å². The minimum absolute atomic E-state index is 0.0170. The van der Waals surface area contributed by atoms with Gasteiger partial charge in [-0.25, -0.2) is 18.9 Å². The molecule has 0 rings (SSSR count). The van der Waals surface area contributed by atoms with Crippen LogP contribution in [0.2, 0.25) is 0 Å². The number of carbonyl (C=O) groups is 3. The molecule has 0 saturated heterocycles. The normalized spacial score (nSPS) is 15.3. The molecule has 0 aromatic heterocycles. The summed E-state index contributed by atoms with van der Waals surface area (Å²) in [7, 11) is -0.0480. The number of amides is 3. The van der Waals surface area contributed by atoms with E-state index >= 15 is 0 Å². The lowest BCUT2D eigenvalue weighted by Crippen LogP contribution is -2.58. The van der Waals surface area contributed by atoms with Gasteiger partial charge in [0.15, 0.2) is 9.84 Å². The molecule has 0 aliphatic carbocycles. The zero-order chi connectivity index (χ0) is 24.6. The molecule has 0 spiro atoms. The van der Waals surface area contributed by atoms with Gasteiger partial charge in [-0.05, 0) is 17.8 Å². The Labute approximate surface area is 185 Å². The Hall–Kier alpha value is -1.76. The van der Waals surface area contributed by atoms with E-state index in [4.69, 9.17) is 0 Å². The number of hydroxylamine groups is 1. The van der Waals surface area contributed by atoms with E-state index in [2.05, 4.69) is 16.1 Å². The van der Waals surface area contributed by atoms with Crippen molar-refractivity contribution in [3.8, 4) is 0 Å². The number of nitrogens with zero attached hydrogens (tertiary/aromatic N) is 1. The first kappa shape index (κ1) is 29.2. The molecule has 182 valence electrons. The van der Waals surface area contributed by atoms with Crippen LogP contribution in [0.1, 0.15) is 41.0 Å². The van der Waals surface area contributed by atoms with Crippen LogP contribution in [0.25, 0.3) is 0 Å². The fourth-order valence-electron chi connectivity index (χ4n) is 3.07. The first-order valence-electron chi connectivity index (χ1n) is 10.1. The summed E-state index contributed by atoms with van der Waals surface area (Å²) in [5.74, 6) is -4.07. The highest BCUT2D eigenvalue weighted by Gasteiger charge is 2.39. The maximum absolute atomic E-state index is 13.2. The van der Waals surface area contributed by atoms with E-state index in [1.165, 1.54) is 5.01 Å². The van der Waals surface area contributed by atoms with E-state index in [1.54, 1.807) is 40.3 Å². The third kappa shape index (κ3) is 11.4. The molecule has 0 bridgehead atoms. The number of hydrogen-bond acceptors (Lipinski definition) is 8. The topological polar surface area (TPSA) is 157 Å². The smallest absolute Gasteiger partial charge is 0.257 e. The molecule has 0 heterocycles. The highest BCUT2D eigenvalue weighted by molar-refractivity contribution is 7.90. The van der Waals surface area contributed by atoms with Crippen LogP contribution in [-0.4, -0.2) is 75.2 Å². The second-order valence-electron chi connectivity index (χ2n) is 9.52. The average molecular weight is 466 g/mol. The number of nitrogens with one attached hydrogen (secondary N) is 4. The Bertz CT molecular complexity index is 718. The van der Waals surface area contributed by atoms with Crippen molar-refractivity contribution in [3.05, 3.63) is 0 Å². The first-order chi connectivity index (χ1) is 14.0. The van der Waals surface area contributed by atoms with Crippen molar-refractivity contribution < 1.29 is 28.0 Å². The summed E-state index contributed by atoms with van der Waals surface area (Å²) in [5.41, 5.74) is 3.57. The largest absolute Gasteiger partial charge is 0.343 e. The fraction of sp³-hybridized carbons (Fsp3) is 0.842. The molecule has 12 heteroatoms. The molecule has 0 aromatic carbocycles. The Morgan fingerprint density at radius 3 is 1.94 bits per heavy atom. The fourth-order valence-corrected chi connectivity index (χ4v) is 3.56. The van der Waals surface area contributed by atoms with Crippen LogP contribution in [0.15, 0.2) is 0 Å². The molecule has 0 aliphatic heterocycles. The summed E-state index contributed by atoms with van der Waals surface area (Å²) in [6.07, 6.45) is 1.33. The van der Waals surface area contributed by atoms with Crippen LogP contribution in [-0.2, 0) is 24.2 Å². The zero-order valence-corrected chi connectivity index (χ0v) is 20.6. The van der Waals surface area contributed by atoms with Gasteiger partial charge in [0.25, 0.3) is 5.91 Å². The number of carbonyl (C=O) groups excluding carboxylic acids is 3. The van der Waals surface area contributed by atoms with E-state index in [-0.39, 0.29) is 24.8 Å². The number of hydrogen-bond donors (Lipinski definition) is 5. The summed E-state index contributed by atoms with van der Waals surface area (Å²) >= 11 is 0. The summed E-state index contributed by atoms with van der Waals surface area (Å²) in [4.78, 5) is 38.2. The van der Waals surface area contributed by atoms with Gasteiger partial charge in [0.05, 0.1) is 17.7 Å². The molecule has 0 aromatic rings. The van der Waals surface area contributed by atoms with Crippen LogP contribution in [0.3, 0.4) is 0 Å². The van der Waals surface area contributed by atoms with Crippen molar-refractivity contribution in [2.45, 2.75) is 47.1 Å². The van der Waals surface area contributed by atoms with E-state index in [1.807, 2.05) is 13.8 Å². The number of hydrazine groups is 1. The van der Waals surface area contributed by atoms with Crippen LogP contribution in [0, 0.1) is 23.2 Å². The first-order valence-corrected chi connectivity index (χ1v) is 12.2. The SMILES string of the molecule is CC(C)CC(C(=O)N[C@H](C(=O)NN(C)C)C(C)(C)C)C(CNCS(C)(=O)=O)C(=O)NO. The molecule has 5 N–H and O–H groups in total. The van der Waals surface area contributed by atoms with Crippen LogP contribution >= 0.6 is 0 Å². The van der Waals surface area contributed by atoms with Gasteiger partial charge in [-0.2, -0.15) is 0 Å². The molecule has 0 saturated carbocycles. The summed E-state index contributed by atoms with van der Waals surface area (Å²) in [6, 6.07) is -0.890. The predicted octanol–water partition coefficient (Wildman–Crippen LogP) is -0.514. The highest BCUT2D eigenvalue weighted by Crippen LogP contribution is 2.25. The second kappa shape index (κ2) is 12.3. The Balaban J connectivity index is 5.82. The lowest BCUT2D eigenvalue weighted by Gasteiger charge is -2.34. The molecule has 0 aliphatic rings. The lowest BCUT2D eigenvalue weighted by atomic mass is 9.82. The second-order valence-corrected chi connectivity index (χ2v) is 11.7. The number of rotatable bonds is 12. The predicted molar refractivity (Wildman–Crippen MR) is 117 cm³/mol. The van der Waals surface area contributed by atoms with Gasteiger partial charge in [0.2, 0.25) is 11.8 Å². The van der Waals surface area contributed by atoms with Gasteiger partial charge < -0.3 is 10.6 Å². The number of sulfone groups is 1. The summed E-state index contributed by atoms with van der Waals surface area (Å²) < 4.78 is 22.8. The van der Waals surface area contributed by atoms with Gasteiger partial charge in [-0.1, -0.05) is 34.6 Å². The molecule has 11 nitrogen and oxygen atoms in total. The Kier molecular flexibility index (Phi) is 11.6. The molecule has 2 unspecified atom stereocenters. The molecule has 0 radical (unpaired) electrons. The monoisotopic (exact) mass is 465 g/mol. The summed E-state index contributed by atoms with van der Waals surface area (Å²) in [5, 5.41) is 16.1. The molecular formula is C19H39N5O6S. The van der Waals surface area contributed by atoms with Crippen LogP contribution in [0.5, 0.6) is 0 Å². The van der Waals surface area contributed by atoms with Crippen LogP contribution in [0.4, 0.5) is 0 Å². The van der Waals surface area contributed by atoms with Crippen LogP contribution < -0.4 is 21.5 Å². The third-order valence-corrected chi connectivity index (χ3v) is 5.20. The quantitative estimate of drug-likeness (QED) is 0.190. The molecule has 31 heavy (non-hydrogen) atoms. The van der Waals surface area contributed by atoms with Crippen molar-refractivity contribution in [2.75, 3.05) is 32.8 Å². The molecular weight excluding hydrogens is 426 g/mol. The standard InChI is InChI=1S/C19H39N5O6S/c1-12(2)9-13(14(17(26)23-28)10-20-11-31(8,29)30)16(25)21-15(19(3,4)5)18(27)22-24(6)7/h12-15,20,28H,9-11H2,1-8H3,(H,21,25)(H,22,27)(H,23,26)/t13?,14?,15-/m1/s1. The molecule has 0 fully saturated rings. The average Bonchev–Trinajstić information content (AvgIpc) is 2.58. The highest BCUT2D eigenvalue weighted by atomic mass is 32.2. The van der Waals surface area contributed by atoms with Gasteiger partial charge in [-0.15, -0.1) is 0 Å². The van der Waals surface area contributed by atoms with Crippen molar-refractivity contribution in [3.63, 3.8) is 0 Å². The van der Waals surface area contributed by atoms with Gasteiger partial charge >= 0.3 is 0 Å². The van der Waals surface area contributed by atoms with Gasteiger partial charge in [0, 0.05) is 26.9 Å². The Morgan fingerprint density at radius 2 is 1.55 bits per heavy atom.